The van der Waals surface area contributed by atoms with Gasteiger partial charge < -0.3 is 15.0 Å². The molecule has 2 heterocycles. The van der Waals surface area contributed by atoms with Gasteiger partial charge in [0, 0.05) is 17.6 Å². The molecule has 3 rings (SSSR count). The Labute approximate surface area is 161 Å². The van der Waals surface area contributed by atoms with Crippen LogP contribution in [0.4, 0.5) is 0 Å². The number of carbonyl (C=O) groups is 2. The predicted molar refractivity (Wildman–Crippen MR) is 105 cm³/mol. The summed E-state index contributed by atoms with van der Waals surface area (Å²) < 4.78 is 7.02. The number of benzene rings is 1. The smallest absolute Gasteiger partial charge is 0.367 e. The Morgan fingerprint density at radius 3 is 2.67 bits per heavy atom. The third-order valence-corrected chi connectivity index (χ3v) is 5.26. The molecule has 0 aliphatic heterocycles. The molecule has 7 heteroatoms. The van der Waals surface area contributed by atoms with Crippen molar-refractivity contribution in [3.63, 3.8) is 0 Å². The molecular weight excluding hydrogens is 362 g/mol. The van der Waals surface area contributed by atoms with E-state index in [1.165, 1.54) is 11.3 Å². The highest BCUT2D eigenvalue weighted by Gasteiger charge is 2.21. The lowest BCUT2D eigenvalue weighted by atomic mass is 10.1. The Hall–Kier alpha value is -2.93. The summed E-state index contributed by atoms with van der Waals surface area (Å²) >= 11 is 1.22. The second kappa shape index (κ2) is 7.75. The zero-order chi connectivity index (χ0) is 19.6. The van der Waals surface area contributed by atoms with Crippen LogP contribution in [-0.4, -0.2) is 28.0 Å². The molecule has 27 heavy (non-hydrogen) atoms. The van der Waals surface area contributed by atoms with Crippen molar-refractivity contribution < 1.29 is 14.3 Å². The van der Waals surface area contributed by atoms with Crippen LogP contribution in [-0.2, 0) is 11.3 Å². The highest BCUT2D eigenvalue weighted by molar-refractivity contribution is 7.11. The molecule has 2 N–H and O–H groups in total. The molecule has 140 valence electrons. The summed E-state index contributed by atoms with van der Waals surface area (Å²) in [6.45, 7) is 6.53. The summed E-state index contributed by atoms with van der Waals surface area (Å²) in [5.41, 5.74) is 10.4. The summed E-state index contributed by atoms with van der Waals surface area (Å²) in [6, 6.07) is 9.80. The zero-order valence-electron chi connectivity index (χ0n) is 15.5. The first kappa shape index (κ1) is 18.8. The van der Waals surface area contributed by atoms with E-state index in [0.29, 0.717) is 24.4 Å². The fraction of sp³-hybridized carbons (Fsp3) is 0.250. The number of amides is 1. The number of nitrogens with two attached hydrogens (primary N) is 1. The normalized spacial score (nSPS) is 10.8. The van der Waals surface area contributed by atoms with Gasteiger partial charge in [-0.25, -0.2) is 9.78 Å². The number of carbonyl (C=O) groups excluding carboxylic acids is 2. The van der Waals surface area contributed by atoms with Crippen molar-refractivity contribution in [2.75, 3.05) is 6.61 Å². The second-order valence-corrected chi connectivity index (χ2v) is 7.02. The van der Waals surface area contributed by atoms with Crippen molar-refractivity contribution in [1.29, 1.82) is 0 Å². The molecule has 1 amide bonds. The monoisotopic (exact) mass is 383 g/mol. The maximum Gasteiger partial charge on any atom is 0.367 e. The molecule has 0 unspecified atom stereocenters. The van der Waals surface area contributed by atoms with Crippen LogP contribution in [0.2, 0.25) is 0 Å². The number of esters is 1. The van der Waals surface area contributed by atoms with Crippen molar-refractivity contribution >= 4 is 23.2 Å². The van der Waals surface area contributed by atoms with Gasteiger partial charge in [0.15, 0.2) is 0 Å². The molecule has 0 radical (unpaired) electrons. The number of primary amides is 1. The zero-order valence-corrected chi connectivity index (χ0v) is 16.3. The number of nitrogens with zero attached hydrogens (tertiary/aromatic N) is 2. The minimum atomic E-state index is -0.488. The Balaban J connectivity index is 2.07. The van der Waals surface area contributed by atoms with Gasteiger partial charge in [-0.05, 0) is 38.0 Å². The molecule has 0 fully saturated rings. The minimum absolute atomic E-state index is 0.286. The number of ether oxygens (including phenoxy) is 1. The summed E-state index contributed by atoms with van der Waals surface area (Å²) in [7, 11) is 0. The van der Waals surface area contributed by atoms with Crippen LogP contribution in [0.3, 0.4) is 0 Å². The van der Waals surface area contributed by atoms with E-state index < -0.39 is 11.9 Å². The van der Waals surface area contributed by atoms with E-state index in [-0.39, 0.29) is 5.01 Å². The average Bonchev–Trinajstić information content (AvgIpc) is 3.23. The van der Waals surface area contributed by atoms with E-state index in [9.17, 15) is 9.59 Å². The summed E-state index contributed by atoms with van der Waals surface area (Å²) in [5, 5.41) is 2.08. The van der Waals surface area contributed by atoms with Gasteiger partial charge in [0.05, 0.1) is 23.6 Å². The Bertz CT molecular complexity index is 1000. The number of hydrogen-bond donors (Lipinski definition) is 1. The Morgan fingerprint density at radius 2 is 2.00 bits per heavy atom. The number of thiazole rings is 1. The van der Waals surface area contributed by atoms with Crippen LogP contribution >= 0.6 is 11.3 Å². The SMILES string of the molecule is CCOC(=O)c1nc(-c2cc(C(N)=O)c(C)n2Cc2ccccc2C)cs1. The van der Waals surface area contributed by atoms with Gasteiger partial charge in [-0.1, -0.05) is 24.3 Å². The van der Waals surface area contributed by atoms with Gasteiger partial charge >= 0.3 is 5.97 Å². The van der Waals surface area contributed by atoms with E-state index in [1.807, 2.05) is 42.7 Å². The van der Waals surface area contributed by atoms with Gasteiger partial charge in [0.25, 0.3) is 5.91 Å². The molecule has 0 bridgehead atoms. The predicted octanol–water partition coefficient (Wildman–Crippen LogP) is 3.55. The first-order valence-corrected chi connectivity index (χ1v) is 9.47. The fourth-order valence-electron chi connectivity index (χ4n) is 2.95. The summed E-state index contributed by atoms with van der Waals surface area (Å²) in [4.78, 5) is 28.2. The highest BCUT2D eigenvalue weighted by Crippen LogP contribution is 2.29. The molecule has 2 aromatic heterocycles. The van der Waals surface area contributed by atoms with Crippen molar-refractivity contribution in [3.05, 3.63) is 63.1 Å². The van der Waals surface area contributed by atoms with Crippen molar-refractivity contribution in [1.82, 2.24) is 9.55 Å². The maximum absolute atomic E-state index is 11.9. The lowest BCUT2D eigenvalue weighted by Gasteiger charge is -2.13. The average molecular weight is 383 g/mol. The first-order chi connectivity index (χ1) is 12.9. The standard InChI is InChI=1S/C20H21N3O3S/c1-4-26-20(25)19-22-16(11-27-19)17-9-15(18(21)24)13(3)23(17)10-14-8-6-5-7-12(14)2/h5-9,11H,4,10H2,1-3H3,(H2,21,24). The molecule has 0 aliphatic carbocycles. The number of rotatable bonds is 6. The van der Waals surface area contributed by atoms with Crippen molar-refractivity contribution in [2.45, 2.75) is 27.3 Å². The van der Waals surface area contributed by atoms with Crippen LogP contribution in [0, 0.1) is 13.8 Å². The third-order valence-electron chi connectivity index (χ3n) is 4.44. The fourth-order valence-corrected chi connectivity index (χ4v) is 3.65. The van der Waals surface area contributed by atoms with Gasteiger partial charge in [0.2, 0.25) is 5.01 Å². The summed E-state index contributed by atoms with van der Waals surface area (Å²) in [6.07, 6.45) is 0. The molecule has 0 saturated carbocycles. The van der Waals surface area contributed by atoms with Crippen LogP contribution in [0.15, 0.2) is 35.7 Å². The number of aryl methyl sites for hydroxylation is 1. The molecular formula is C20H21N3O3S. The topological polar surface area (TPSA) is 87.2 Å². The number of hydrogen-bond acceptors (Lipinski definition) is 5. The van der Waals surface area contributed by atoms with E-state index >= 15 is 0 Å². The van der Waals surface area contributed by atoms with Gasteiger partial charge in [-0.2, -0.15) is 0 Å². The Kier molecular flexibility index (Phi) is 5.41. The van der Waals surface area contributed by atoms with Crippen LogP contribution in [0.1, 0.15) is 43.9 Å². The van der Waals surface area contributed by atoms with Gasteiger partial charge in [0.1, 0.15) is 0 Å². The van der Waals surface area contributed by atoms with Crippen molar-refractivity contribution in [2.24, 2.45) is 5.73 Å². The third kappa shape index (κ3) is 3.78. The van der Waals surface area contributed by atoms with E-state index in [2.05, 4.69) is 4.98 Å². The lowest BCUT2D eigenvalue weighted by molar-refractivity contribution is 0.0526. The maximum atomic E-state index is 11.9. The molecule has 1 aromatic carbocycles. The first-order valence-electron chi connectivity index (χ1n) is 8.59. The van der Waals surface area contributed by atoms with Crippen LogP contribution in [0.25, 0.3) is 11.4 Å². The lowest BCUT2D eigenvalue weighted by Crippen LogP contribution is -2.13. The largest absolute Gasteiger partial charge is 0.461 e. The van der Waals surface area contributed by atoms with Gasteiger partial charge in [-0.15, -0.1) is 11.3 Å². The molecule has 0 atom stereocenters. The summed E-state index contributed by atoms with van der Waals surface area (Å²) in [5.74, 6) is -0.935. The minimum Gasteiger partial charge on any atom is -0.461 e. The molecule has 3 aromatic rings. The van der Waals surface area contributed by atoms with Crippen LogP contribution < -0.4 is 5.73 Å². The van der Waals surface area contributed by atoms with E-state index in [0.717, 1.165) is 22.5 Å². The highest BCUT2D eigenvalue weighted by atomic mass is 32.1. The van der Waals surface area contributed by atoms with E-state index in [1.54, 1.807) is 18.4 Å². The molecule has 0 saturated heterocycles. The molecule has 0 aliphatic rings. The van der Waals surface area contributed by atoms with Crippen molar-refractivity contribution in [3.8, 4) is 11.4 Å². The second-order valence-electron chi connectivity index (χ2n) is 6.16. The molecule has 6 nitrogen and oxygen atoms in total. The van der Waals surface area contributed by atoms with Gasteiger partial charge in [-0.3, -0.25) is 4.79 Å². The molecule has 0 spiro atoms. The number of aromatic nitrogens is 2. The van der Waals surface area contributed by atoms with Crippen LogP contribution in [0.5, 0.6) is 0 Å². The quantitative estimate of drug-likeness (QED) is 0.660. The Morgan fingerprint density at radius 1 is 1.26 bits per heavy atom. The van der Waals surface area contributed by atoms with E-state index in [4.69, 9.17) is 10.5 Å².